The Labute approximate surface area is 92.2 Å². The maximum atomic E-state index is 11.5. The van der Waals surface area contributed by atoms with E-state index >= 15 is 0 Å². The van der Waals surface area contributed by atoms with E-state index in [2.05, 4.69) is 0 Å². The SMILES string of the molecule is CC(C)C(=O)C(C)OC(=O)C(C)C(C)C. The summed E-state index contributed by atoms with van der Waals surface area (Å²) in [6.45, 7) is 11.0. The molecule has 0 aromatic heterocycles. The number of ether oxygens (including phenoxy) is 1. The molecule has 0 aliphatic carbocycles. The standard InChI is InChI=1S/C12H22O3/c1-7(2)9(5)12(14)15-10(6)11(13)8(3)4/h7-10H,1-6H3. The van der Waals surface area contributed by atoms with Crippen molar-refractivity contribution in [3.63, 3.8) is 0 Å². The lowest BCUT2D eigenvalue weighted by atomic mass is 9.98. The molecule has 88 valence electrons. The van der Waals surface area contributed by atoms with Crippen LogP contribution in [0.1, 0.15) is 41.5 Å². The average molecular weight is 214 g/mol. The van der Waals surface area contributed by atoms with Crippen molar-refractivity contribution >= 4 is 11.8 Å². The van der Waals surface area contributed by atoms with Gasteiger partial charge >= 0.3 is 5.97 Å². The zero-order valence-corrected chi connectivity index (χ0v) is 10.5. The molecular weight excluding hydrogens is 192 g/mol. The third kappa shape index (κ3) is 4.45. The van der Waals surface area contributed by atoms with Crippen LogP contribution in [0.5, 0.6) is 0 Å². The quantitative estimate of drug-likeness (QED) is 0.660. The fourth-order valence-corrected chi connectivity index (χ4v) is 1.08. The summed E-state index contributed by atoms with van der Waals surface area (Å²) in [6.07, 6.45) is -0.626. The van der Waals surface area contributed by atoms with Crippen molar-refractivity contribution in [1.82, 2.24) is 0 Å². The van der Waals surface area contributed by atoms with Gasteiger partial charge in [-0.25, -0.2) is 0 Å². The molecule has 0 fully saturated rings. The Balaban J connectivity index is 4.24. The van der Waals surface area contributed by atoms with Crippen molar-refractivity contribution in [1.29, 1.82) is 0 Å². The monoisotopic (exact) mass is 214 g/mol. The highest BCUT2D eigenvalue weighted by molar-refractivity contribution is 5.87. The van der Waals surface area contributed by atoms with Gasteiger partial charge in [-0.3, -0.25) is 9.59 Å². The minimum absolute atomic E-state index is 0.0284. The van der Waals surface area contributed by atoms with Gasteiger partial charge in [-0.05, 0) is 12.8 Å². The first-order chi connectivity index (χ1) is 6.77. The highest BCUT2D eigenvalue weighted by atomic mass is 16.5. The third-order valence-corrected chi connectivity index (χ3v) is 2.63. The van der Waals surface area contributed by atoms with Crippen molar-refractivity contribution in [3.05, 3.63) is 0 Å². The van der Waals surface area contributed by atoms with Crippen molar-refractivity contribution < 1.29 is 14.3 Å². The van der Waals surface area contributed by atoms with Crippen molar-refractivity contribution in [3.8, 4) is 0 Å². The number of hydrogen-bond donors (Lipinski definition) is 0. The van der Waals surface area contributed by atoms with Crippen LogP contribution in [0.15, 0.2) is 0 Å². The first-order valence-corrected chi connectivity index (χ1v) is 5.51. The molecule has 0 aliphatic rings. The largest absolute Gasteiger partial charge is 0.454 e. The smallest absolute Gasteiger partial charge is 0.309 e. The topological polar surface area (TPSA) is 43.4 Å². The van der Waals surface area contributed by atoms with E-state index in [1.54, 1.807) is 20.8 Å². The average Bonchev–Trinajstić information content (AvgIpc) is 2.14. The molecule has 0 radical (unpaired) electrons. The van der Waals surface area contributed by atoms with Crippen molar-refractivity contribution in [2.45, 2.75) is 47.6 Å². The lowest BCUT2D eigenvalue weighted by Crippen LogP contribution is -2.31. The number of Topliss-reactive ketones (excluding diaryl/α,β-unsaturated/α-hetero) is 1. The maximum absolute atomic E-state index is 11.5. The molecular formula is C12H22O3. The molecule has 0 aromatic rings. The summed E-state index contributed by atoms with van der Waals surface area (Å²) in [5.74, 6) is -0.334. The lowest BCUT2D eigenvalue weighted by Gasteiger charge is -2.19. The number of hydrogen-bond acceptors (Lipinski definition) is 3. The molecule has 0 heterocycles. The second-order valence-corrected chi connectivity index (χ2v) is 4.67. The Bertz CT molecular complexity index is 231. The van der Waals surface area contributed by atoms with Gasteiger partial charge in [0.05, 0.1) is 5.92 Å². The summed E-state index contributed by atoms with van der Waals surface area (Å²) in [5, 5.41) is 0. The Morgan fingerprint density at radius 1 is 0.933 bits per heavy atom. The van der Waals surface area contributed by atoms with E-state index in [9.17, 15) is 9.59 Å². The summed E-state index contributed by atoms with van der Waals surface area (Å²) in [7, 11) is 0. The molecule has 0 aliphatic heterocycles. The van der Waals surface area contributed by atoms with Gasteiger partial charge < -0.3 is 4.74 Å². The fraction of sp³-hybridized carbons (Fsp3) is 0.833. The van der Waals surface area contributed by atoms with Crippen LogP contribution in [0.25, 0.3) is 0 Å². The van der Waals surface area contributed by atoms with Crippen LogP contribution < -0.4 is 0 Å². The maximum Gasteiger partial charge on any atom is 0.309 e. The predicted octanol–water partition coefficient (Wildman–Crippen LogP) is 2.44. The van der Waals surface area contributed by atoms with E-state index in [0.717, 1.165) is 0 Å². The second kappa shape index (κ2) is 5.89. The van der Waals surface area contributed by atoms with Gasteiger partial charge in [-0.1, -0.05) is 34.6 Å². The van der Waals surface area contributed by atoms with Gasteiger partial charge in [0.25, 0.3) is 0 Å². The molecule has 15 heavy (non-hydrogen) atoms. The summed E-state index contributed by atoms with van der Waals surface area (Å²) >= 11 is 0. The summed E-state index contributed by atoms with van der Waals surface area (Å²) in [5.41, 5.74) is 0. The van der Waals surface area contributed by atoms with Crippen LogP contribution in [-0.4, -0.2) is 17.9 Å². The molecule has 0 rings (SSSR count). The van der Waals surface area contributed by atoms with Gasteiger partial charge in [-0.15, -0.1) is 0 Å². The Hall–Kier alpha value is -0.860. The number of carbonyl (C=O) groups excluding carboxylic acids is 2. The fourth-order valence-electron chi connectivity index (χ4n) is 1.08. The Kier molecular flexibility index (Phi) is 5.55. The molecule has 0 amide bonds. The summed E-state index contributed by atoms with van der Waals surface area (Å²) in [6, 6.07) is 0. The summed E-state index contributed by atoms with van der Waals surface area (Å²) < 4.78 is 5.11. The minimum Gasteiger partial charge on any atom is -0.454 e. The first-order valence-electron chi connectivity index (χ1n) is 5.51. The van der Waals surface area contributed by atoms with Gasteiger partial charge in [0, 0.05) is 5.92 Å². The molecule has 0 N–H and O–H groups in total. The zero-order chi connectivity index (χ0) is 12.2. The number of esters is 1. The van der Waals surface area contributed by atoms with E-state index in [1.165, 1.54) is 0 Å². The molecule has 3 heteroatoms. The molecule has 2 unspecified atom stereocenters. The van der Waals surface area contributed by atoms with E-state index in [0.29, 0.717) is 0 Å². The third-order valence-electron chi connectivity index (χ3n) is 2.63. The van der Waals surface area contributed by atoms with Gasteiger partial charge in [0.15, 0.2) is 11.9 Å². The van der Waals surface area contributed by atoms with Crippen molar-refractivity contribution in [2.24, 2.45) is 17.8 Å². The van der Waals surface area contributed by atoms with Crippen LogP contribution in [-0.2, 0) is 14.3 Å². The molecule has 0 saturated heterocycles. The van der Waals surface area contributed by atoms with E-state index in [1.807, 2.05) is 20.8 Å². The van der Waals surface area contributed by atoms with E-state index in [-0.39, 0.29) is 29.5 Å². The molecule has 0 bridgehead atoms. The lowest BCUT2D eigenvalue weighted by molar-refractivity contribution is -0.159. The van der Waals surface area contributed by atoms with E-state index < -0.39 is 6.10 Å². The second-order valence-electron chi connectivity index (χ2n) is 4.67. The highest BCUT2D eigenvalue weighted by Crippen LogP contribution is 2.13. The van der Waals surface area contributed by atoms with Gasteiger partial charge in [-0.2, -0.15) is 0 Å². The summed E-state index contributed by atoms with van der Waals surface area (Å²) in [4.78, 5) is 23.0. The number of ketones is 1. The molecule has 0 saturated carbocycles. The van der Waals surface area contributed by atoms with Crippen LogP contribution in [0.2, 0.25) is 0 Å². The van der Waals surface area contributed by atoms with Crippen LogP contribution in [0, 0.1) is 17.8 Å². The minimum atomic E-state index is -0.626. The van der Waals surface area contributed by atoms with Crippen LogP contribution in [0.3, 0.4) is 0 Å². The Morgan fingerprint density at radius 2 is 1.40 bits per heavy atom. The number of carbonyl (C=O) groups is 2. The van der Waals surface area contributed by atoms with Crippen LogP contribution in [0.4, 0.5) is 0 Å². The molecule has 0 aromatic carbocycles. The number of rotatable bonds is 5. The van der Waals surface area contributed by atoms with Crippen LogP contribution >= 0.6 is 0 Å². The normalized spacial score (nSPS) is 15.2. The predicted molar refractivity (Wildman–Crippen MR) is 59.4 cm³/mol. The molecule has 2 atom stereocenters. The van der Waals surface area contributed by atoms with Crippen molar-refractivity contribution in [2.75, 3.05) is 0 Å². The van der Waals surface area contributed by atoms with Gasteiger partial charge in [0.2, 0.25) is 0 Å². The van der Waals surface area contributed by atoms with Gasteiger partial charge in [0.1, 0.15) is 0 Å². The highest BCUT2D eigenvalue weighted by Gasteiger charge is 2.24. The Morgan fingerprint density at radius 3 is 1.73 bits per heavy atom. The first kappa shape index (κ1) is 14.1. The molecule has 3 nitrogen and oxygen atoms in total. The van der Waals surface area contributed by atoms with E-state index in [4.69, 9.17) is 4.74 Å². The molecule has 0 spiro atoms. The zero-order valence-electron chi connectivity index (χ0n) is 10.5.